The van der Waals surface area contributed by atoms with E-state index in [1.165, 1.54) is 19.2 Å². The SMILES string of the molecule is CCOC(=O)c1ccc(NC(=O)CN(C)S(C)(=O)=O)cc1. The topological polar surface area (TPSA) is 92.8 Å². The zero-order valence-corrected chi connectivity index (χ0v) is 12.9. The molecule has 0 saturated heterocycles. The minimum absolute atomic E-state index is 0.279. The van der Waals surface area contributed by atoms with Gasteiger partial charge in [0.1, 0.15) is 0 Å². The zero-order chi connectivity index (χ0) is 16.0. The van der Waals surface area contributed by atoms with Crippen LogP contribution in [0, 0.1) is 0 Å². The Hall–Kier alpha value is -1.93. The van der Waals surface area contributed by atoms with E-state index in [1.54, 1.807) is 19.1 Å². The molecule has 0 aromatic heterocycles. The molecule has 0 fully saturated rings. The summed E-state index contributed by atoms with van der Waals surface area (Å²) in [4.78, 5) is 23.1. The number of esters is 1. The Labute approximate surface area is 123 Å². The third-order valence-corrected chi connectivity index (χ3v) is 3.87. The molecular formula is C13H18N2O5S. The number of carbonyl (C=O) groups excluding carboxylic acids is 2. The summed E-state index contributed by atoms with van der Waals surface area (Å²) in [5.41, 5.74) is 0.845. The molecular weight excluding hydrogens is 296 g/mol. The van der Waals surface area contributed by atoms with Crippen molar-refractivity contribution < 1.29 is 22.7 Å². The highest BCUT2D eigenvalue weighted by Crippen LogP contribution is 2.10. The monoisotopic (exact) mass is 314 g/mol. The lowest BCUT2D eigenvalue weighted by molar-refractivity contribution is -0.116. The lowest BCUT2D eigenvalue weighted by Gasteiger charge is -2.13. The fourth-order valence-corrected chi connectivity index (χ4v) is 1.78. The highest BCUT2D eigenvalue weighted by atomic mass is 32.2. The van der Waals surface area contributed by atoms with Gasteiger partial charge in [-0.05, 0) is 31.2 Å². The third kappa shape index (κ3) is 5.52. The lowest BCUT2D eigenvalue weighted by Crippen LogP contribution is -2.34. The van der Waals surface area contributed by atoms with Gasteiger partial charge in [-0.1, -0.05) is 0 Å². The van der Waals surface area contributed by atoms with Crippen LogP contribution < -0.4 is 5.32 Å². The molecule has 8 heteroatoms. The average Bonchev–Trinajstić information content (AvgIpc) is 2.38. The standard InChI is InChI=1S/C13H18N2O5S/c1-4-20-13(17)10-5-7-11(8-6-10)14-12(16)9-15(2)21(3,18)19/h5-8H,4,9H2,1-3H3,(H,14,16). The Kier molecular flexibility index (Phi) is 5.86. The number of nitrogens with zero attached hydrogens (tertiary/aromatic N) is 1. The van der Waals surface area contributed by atoms with Crippen LogP contribution in [-0.4, -0.2) is 51.1 Å². The molecule has 0 unspecified atom stereocenters. The normalized spacial score (nSPS) is 11.2. The predicted molar refractivity (Wildman–Crippen MR) is 78.5 cm³/mol. The predicted octanol–water partition coefficient (Wildman–Crippen LogP) is 0.693. The van der Waals surface area contributed by atoms with E-state index in [4.69, 9.17) is 4.74 Å². The maximum atomic E-state index is 11.7. The van der Waals surface area contributed by atoms with Crippen molar-refractivity contribution in [1.29, 1.82) is 0 Å². The average molecular weight is 314 g/mol. The molecule has 7 nitrogen and oxygen atoms in total. The quantitative estimate of drug-likeness (QED) is 0.780. The molecule has 1 aromatic rings. The number of hydrogen-bond acceptors (Lipinski definition) is 5. The first-order valence-corrected chi connectivity index (χ1v) is 8.07. The lowest BCUT2D eigenvalue weighted by atomic mass is 10.2. The van der Waals surface area contributed by atoms with Crippen molar-refractivity contribution in [1.82, 2.24) is 4.31 Å². The largest absolute Gasteiger partial charge is 0.462 e. The molecule has 0 radical (unpaired) electrons. The van der Waals surface area contributed by atoms with Crippen molar-refractivity contribution in [3.8, 4) is 0 Å². The summed E-state index contributed by atoms with van der Waals surface area (Å²) >= 11 is 0. The fraction of sp³-hybridized carbons (Fsp3) is 0.385. The molecule has 21 heavy (non-hydrogen) atoms. The maximum absolute atomic E-state index is 11.7. The van der Waals surface area contributed by atoms with Gasteiger partial charge < -0.3 is 10.1 Å². The fourth-order valence-electron chi connectivity index (χ4n) is 1.42. The van der Waals surface area contributed by atoms with Crippen LogP contribution in [0.3, 0.4) is 0 Å². The third-order valence-electron chi connectivity index (χ3n) is 2.61. The summed E-state index contributed by atoms with van der Waals surface area (Å²) < 4.78 is 28.2. The summed E-state index contributed by atoms with van der Waals surface area (Å²) in [7, 11) is -2.08. The van der Waals surface area contributed by atoms with Gasteiger partial charge in [0.25, 0.3) is 0 Å². The molecule has 1 N–H and O–H groups in total. The number of benzene rings is 1. The van der Waals surface area contributed by atoms with Crippen molar-refractivity contribution in [3.63, 3.8) is 0 Å². The van der Waals surface area contributed by atoms with Gasteiger partial charge in [0.05, 0.1) is 25.0 Å². The van der Waals surface area contributed by atoms with E-state index in [2.05, 4.69) is 5.32 Å². The Bertz CT molecular complexity index is 610. The highest BCUT2D eigenvalue weighted by Gasteiger charge is 2.15. The number of carbonyl (C=O) groups is 2. The van der Waals surface area contributed by atoms with Crippen molar-refractivity contribution in [2.45, 2.75) is 6.92 Å². The van der Waals surface area contributed by atoms with Gasteiger partial charge in [-0.3, -0.25) is 4.79 Å². The summed E-state index contributed by atoms with van der Waals surface area (Å²) in [5.74, 6) is -0.904. The summed E-state index contributed by atoms with van der Waals surface area (Å²) in [6.07, 6.45) is 1.02. The van der Waals surface area contributed by atoms with E-state index in [-0.39, 0.29) is 13.2 Å². The first kappa shape index (κ1) is 17.1. The second-order valence-electron chi connectivity index (χ2n) is 4.37. The van der Waals surface area contributed by atoms with Gasteiger partial charge in [0.15, 0.2) is 0 Å². The first-order chi connectivity index (χ1) is 9.74. The first-order valence-electron chi connectivity index (χ1n) is 6.22. The molecule has 0 aliphatic heterocycles. The molecule has 0 saturated carbocycles. The molecule has 1 amide bonds. The molecule has 1 aromatic carbocycles. The number of likely N-dealkylation sites (N-methyl/N-ethyl adjacent to an activating group) is 1. The zero-order valence-electron chi connectivity index (χ0n) is 12.1. The van der Waals surface area contributed by atoms with Crippen LogP contribution >= 0.6 is 0 Å². The van der Waals surface area contributed by atoms with E-state index in [0.29, 0.717) is 11.3 Å². The van der Waals surface area contributed by atoms with Gasteiger partial charge in [0, 0.05) is 12.7 Å². The number of ether oxygens (including phenoxy) is 1. The summed E-state index contributed by atoms with van der Waals surface area (Å²) in [6.45, 7) is 1.72. The smallest absolute Gasteiger partial charge is 0.338 e. The van der Waals surface area contributed by atoms with E-state index < -0.39 is 21.9 Å². The molecule has 0 aliphatic carbocycles. The number of rotatable bonds is 6. The van der Waals surface area contributed by atoms with Crippen LogP contribution in [0.2, 0.25) is 0 Å². The number of hydrogen-bond donors (Lipinski definition) is 1. The van der Waals surface area contributed by atoms with Gasteiger partial charge in [-0.2, -0.15) is 4.31 Å². The van der Waals surface area contributed by atoms with Crippen LogP contribution in [0.25, 0.3) is 0 Å². The van der Waals surface area contributed by atoms with Crippen molar-refractivity contribution in [2.24, 2.45) is 0 Å². The Morgan fingerprint density at radius 3 is 2.29 bits per heavy atom. The Morgan fingerprint density at radius 2 is 1.81 bits per heavy atom. The maximum Gasteiger partial charge on any atom is 0.338 e. The number of nitrogens with one attached hydrogen (secondary N) is 1. The molecule has 116 valence electrons. The molecule has 0 heterocycles. The highest BCUT2D eigenvalue weighted by molar-refractivity contribution is 7.88. The van der Waals surface area contributed by atoms with E-state index in [1.807, 2.05) is 0 Å². The molecule has 0 atom stereocenters. The number of amides is 1. The van der Waals surface area contributed by atoms with Crippen LogP contribution in [-0.2, 0) is 19.6 Å². The minimum Gasteiger partial charge on any atom is -0.462 e. The van der Waals surface area contributed by atoms with Crippen molar-refractivity contribution in [3.05, 3.63) is 29.8 Å². The second kappa shape index (κ2) is 7.19. The molecule has 0 aliphatic rings. The minimum atomic E-state index is -3.40. The van der Waals surface area contributed by atoms with E-state index >= 15 is 0 Å². The van der Waals surface area contributed by atoms with Crippen LogP contribution in [0.4, 0.5) is 5.69 Å². The van der Waals surface area contributed by atoms with Gasteiger partial charge in [-0.25, -0.2) is 13.2 Å². The van der Waals surface area contributed by atoms with Crippen LogP contribution in [0.15, 0.2) is 24.3 Å². The van der Waals surface area contributed by atoms with Crippen LogP contribution in [0.1, 0.15) is 17.3 Å². The summed E-state index contributed by atoms with van der Waals surface area (Å²) in [5, 5.41) is 2.55. The van der Waals surface area contributed by atoms with Gasteiger partial charge >= 0.3 is 5.97 Å². The Balaban J connectivity index is 2.64. The van der Waals surface area contributed by atoms with E-state index in [0.717, 1.165) is 10.6 Å². The van der Waals surface area contributed by atoms with Gasteiger partial charge in [-0.15, -0.1) is 0 Å². The van der Waals surface area contributed by atoms with Crippen molar-refractivity contribution >= 4 is 27.6 Å². The summed E-state index contributed by atoms with van der Waals surface area (Å²) in [6, 6.07) is 6.14. The second-order valence-corrected chi connectivity index (χ2v) is 6.45. The molecule has 0 spiro atoms. The van der Waals surface area contributed by atoms with Gasteiger partial charge in [0.2, 0.25) is 15.9 Å². The number of anilines is 1. The number of sulfonamides is 1. The Morgan fingerprint density at radius 1 is 1.24 bits per heavy atom. The van der Waals surface area contributed by atoms with Crippen LogP contribution in [0.5, 0.6) is 0 Å². The van der Waals surface area contributed by atoms with Crippen molar-refractivity contribution in [2.75, 3.05) is 31.8 Å². The molecule has 0 bridgehead atoms. The molecule has 1 rings (SSSR count). The van der Waals surface area contributed by atoms with E-state index in [9.17, 15) is 18.0 Å².